The van der Waals surface area contributed by atoms with Crippen LogP contribution in [-0.2, 0) is 11.3 Å². The smallest absolute Gasteiger partial charge is 0.234 e. The van der Waals surface area contributed by atoms with Gasteiger partial charge in [0.1, 0.15) is 0 Å². The van der Waals surface area contributed by atoms with Crippen molar-refractivity contribution in [3.8, 4) is 11.5 Å². The van der Waals surface area contributed by atoms with Crippen molar-refractivity contribution in [2.24, 2.45) is 5.92 Å². The highest BCUT2D eigenvalue weighted by atomic mass is 16.5. The van der Waals surface area contributed by atoms with Crippen LogP contribution in [-0.4, -0.2) is 46.3 Å². The average Bonchev–Trinajstić information content (AvgIpc) is 2.80. The van der Waals surface area contributed by atoms with Crippen LogP contribution in [0.5, 0.6) is 11.5 Å². The average molecular weight is 439 g/mol. The molecule has 2 aliphatic rings. The fourth-order valence-corrected chi connectivity index (χ4v) is 5.39. The lowest BCUT2D eigenvalue weighted by Crippen LogP contribution is -2.56. The summed E-state index contributed by atoms with van der Waals surface area (Å²) in [6.45, 7) is 3.77. The number of rotatable bonds is 7. The van der Waals surface area contributed by atoms with Crippen molar-refractivity contribution in [1.82, 2.24) is 10.2 Å². The van der Waals surface area contributed by atoms with Crippen LogP contribution in [0, 0.1) is 5.92 Å². The zero-order chi connectivity index (χ0) is 22.6. The van der Waals surface area contributed by atoms with Gasteiger partial charge in [0, 0.05) is 25.0 Å². The molecule has 3 atom stereocenters. The molecular weight excluding hydrogens is 404 g/mol. The normalized spacial score (nSPS) is 25.7. The van der Waals surface area contributed by atoms with Crippen LogP contribution in [0.2, 0.25) is 0 Å². The molecule has 6 heteroatoms. The number of benzene rings is 2. The molecule has 6 nitrogen and oxygen atoms in total. The van der Waals surface area contributed by atoms with Gasteiger partial charge in [-0.3, -0.25) is 9.69 Å². The van der Waals surface area contributed by atoms with Gasteiger partial charge in [0.15, 0.2) is 11.5 Å². The molecule has 3 unspecified atom stereocenters. The molecule has 1 aliphatic carbocycles. The second-order valence-electron chi connectivity index (χ2n) is 9.04. The summed E-state index contributed by atoms with van der Waals surface area (Å²) in [5.74, 6) is 0.579. The van der Waals surface area contributed by atoms with E-state index in [1.54, 1.807) is 6.07 Å². The Hall–Kier alpha value is -2.57. The maximum Gasteiger partial charge on any atom is 0.234 e. The summed E-state index contributed by atoms with van der Waals surface area (Å²) < 4.78 is 5.62. The van der Waals surface area contributed by atoms with E-state index in [-0.39, 0.29) is 30.2 Å². The molecule has 32 heavy (non-hydrogen) atoms. The van der Waals surface area contributed by atoms with Crippen LogP contribution >= 0.6 is 0 Å². The number of phenolic OH excluding ortho intramolecular Hbond substituents is 1. The minimum absolute atomic E-state index is 0.0242. The second kappa shape index (κ2) is 9.92. The largest absolute Gasteiger partial charge is 0.504 e. The monoisotopic (exact) mass is 438 g/mol. The Morgan fingerprint density at radius 1 is 1.19 bits per heavy atom. The van der Waals surface area contributed by atoms with Gasteiger partial charge < -0.3 is 20.3 Å². The number of amides is 1. The zero-order valence-electron chi connectivity index (χ0n) is 18.8. The number of hydrogen-bond donors (Lipinski definition) is 3. The first-order chi connectivity index (χ1) is 15.5. The van der Waals surface area contributed by atoms with Gasteiger partial charge in [-0.25, -0.2) is 0 Å². The van der Waals surface area contributed by atoms with Gasteiger partial charge in [0.25, 0.3) is 0 Å². The molecule has 0 aromatic heterocycles. The van der Waals surface area contributed by atoms with E-state index in [2.05, 4.69) is 10.2 Å². The molecule has 1 amide bonds. The number of likely N-dealkylation sites (tertiary alicyclic amines) is 1. The lowest BCUT2D eigenvalue weighted by molar-refractivity contribution is -0.138. The van der Waals surface area contributed by atoms with Crippen LogP contribution in [0.3, 0.4) is 0 Å². The molecule has 1 aliphatic heterocycles. The number of aromatic hydroxyl groups is 1. The number of nitrogens with zero attached hydrogens (tertiary/aromatic N) is 1. The van der Waals surface area contributed by atoms with E-state index < -0.39 is 5.60 Å². The van der Waals surface area contributed by atoms with Crippen molar-refractivity contribution in [2.45, 2.75) is 57.2 Å². The van der Waals surface area contributed by atoms with Gasteiger partial charge in [-0.05, 0) is 49.4 Å². The van der Waals surface area contributed by atoms with Crippen molar-refractivity contribution in [2.75, 3.05) is 19.7 Å². The summed E-state index contributed by atoms with van der Waals surface area (Å²) in [6.07, 6.45) is 4.52. The molecule has 4 rings (SSSR count). The lowest BCUT2D eigenvalue weighted by atomic mass is 9.66. The molecule has 2 aromatic carbocycles. The Labute approximate surface area is 190 Å². The van der Waals surface area contributed by atoms with E-state index in [4.69, 9.17) is 4.74 Å². The van der Waals surface area contributed by atoms with Gasteiger partial charge in [0.05, 0.1) is 18.8 Å². The van der Waals surface area contributed by atoms with Crippen LogP contribution in [0.25, 0.3) is 0 Å². The van der Waals surface area contributed by atoms with E-state index in [1.165, 1.54) is 0 Å². The molecule has 1 saturated heterocycles. The summed E-state index contributed by atoms with van der Waals surface area (Å²) >= 11 is 0. The summed E-state index contributed by atoms with van der Waals surface area (Å²) in [6, 6.07) is 15.2. The number of carbonyl (C=O) groups is 1. The van der Waals surface area contributed by atoms with E-state index in [9.17, 15) is 15.0 Å². The number of nitrogens with one attached hydrogen (secondary N) is 1. The number of phenols is 1. The highest BCUT2D eigenvalue weighted by molar-refractivity contribution is 5.78. The third kappa shape index (κ3) is 4.92. The van der Waals surface area contributed by atoms with Crippen molar-refractivity contribution >= 4 is 5.91 Å². The minimum atomic E-state index is -0.705. The number of ether oxygens (including phenoxy) is 1. The lowest BCUT2D eigenvalue weighted by Gasteiger charge is -2.52. The van der Waals surface area contributed by atoms with Crippen LogP contribution in [0.15, 0.2) is 48.5 Å². The fraction of sp³-hybridized carbons (Fsp3) is 0.500. The van der Waals surface area contributed by atoms with Gasteiger partial charge in [-0.15, -0.1) is 0 Å². The third-order valence-corrected chi connectivity index (χ3v) is 6.98. The first kappa shape index (κ1) is 22.6. The number of piperidine rings is 1. The molecule has 0 spiro atoms. The number of fused-ring (bicyclic) bond motifs is 1. The maximum absolute atomic E-state index is 12.8. The first-order valence-electron chi connectivity index (χ1n) is 11.7. The molecule has 1 heterocycles. The van der Waals surface area contributed by atoms with Crippen molar-refractivity contribution in [1.29, 1.82) is 0 Å². The van der Waals surface area contributed by atoms with E-state index in [0.29, 0.717) is 31.9 Å². The zero-order valence-corrected chi connectivity index (χ0v) is 18.8. The summed E-state index contributed by atoms with van der Waals surface area (Å²) in [4.78, 5) is 15.0. The van der Waals surface area contributed by atoms with Gasteiger partial charge in [-0.1, -0.05) is 49.2 Å². The molecular formula is C26H34N2O4. The number of aliphatic hydroxyl groups is 1. The quantitative estimate of drug-likeness (QED) is 0.613. The van der Waals surface area contributed by atoms with Crippen LogP contribution in [0.1, 0.15) is 56.2 Å². The van der Waals surface area contributed by atoms with E-state index in [0.717, 1.165) is 36.8 Å². The predicted octanol–water partition coefficient (Wildman–Crippen LogP) is 3.78. The molecule has 2 aromatic rings. The van der Waals surface area contributed by atoms with Crippen molar-refractivity contribution < 1.29 is 19.7 Å². The van der Waals surface area contributed by atoms with E-state index >= 15 is 0 Å². The Morgan fingerprint density at radius 2 is 2.00 bits per heavy atom. The Balaban J connectivity index is 1.56. The molecule has 2 fully saturated rings. The van der Waals surface area contributed by atoms with Crippen molar-refractivity contribution in [3.05, 3.63) is 59.7 Å². The highest BCUT2D eigenvalue weighted by Crippen LogP contribution is 2.50. The summed E-state index contributed by atoms with van der Waals surface area (Å²) in [5, 5.41) is 24.7. The Morgan fingerprint density at radius 3 is 2.78 bits per heavy atom. The molecule has 172 valence electrons. The standard InChI is InChI=1S/C26H34N2O4/c1-2-32-23-16-20(11-12-22(23)29)25-21-10-6-7-13-26(21,31)14-15-28(25)18-24(30)27-17-19-8-4-3-5-9-19/h3-5,8-9,11-12,16,21,25,29,31H,2,6-7,10,13-15,17-18H2,1H3,(H,27,30). The van der Waals surface area contributed by atoms with E-state index in [1.807, 2.05) is 49.4 Å². The predicted molar refractivity (Wildman–Crippen MR) is 123 cm³/mol. The molecule has 0 bridgehead atoms. The first-order valence-corrected chi connectivity index (χ1v) is 11.7. The SMILES string of the molecule is CCOc1cc(C2C3CCCCC3(O)CCN2CC(=O)NCc2ccccc2)ccc1O. The Kier molecular flexibility index (Phi) is 7.01. The van der Waals surface area contributed by atoms with Crippen LogP contribution < -0.4 is 10.1 Å². The van der Waals surface area contributed by atoms with Gasteiger partial charge in [-0.2, -0.15) is 0 Å². The molecule has 0 radical (unpaired) electrons. The summed E-state index contributed by atoms with van der Waals surface area (Å²) in [5.41, 5.74) is 1.34. The fourth-order valence-electron chi connectivity index (χ4n) is 5.39. The van der Waals surface area contributed by atoms with Gasteiger partial charge in [0.2, 0.25) is 5.91 Å². The number of hydrogen-bond acceptors (Lipinski definition) is 5. The molecule has 3 N–H and O–H groups in total. The molecule has 1 saturated carbocycles. The number of carbonyl (C=O) groups excluding carboxylic acids is 1. The Bertz CT molecular complexity index is 919. The van der Waals surface area contributed by atoms with Gasteiger partial charge >= 0.3 is 0 Å². The van der Waals surface area contributed by atoms with Crippen molar-refractivity contribution in [3.63, 3.8) is 0 Å². The minimum Gasteiger partial charge on any atom is -0.504 e. The van der Waals surface area contributed by atoms with Crippen LogP contribution in [0.4, 0.5) is 0 Å². The third-order valence-electron chi connectivity index (χ3n) is 6.98. The second-order valence-corrected chi connectivity index (χ2v) is 9.04. The topological polar surface area (TPSA) is 82.0 Å². The maximum atomic E-state index is 12.8. The summed E-state index contributed by atoms with van der Waals surface area (Å²) in [7, 11) is 0. The highest BCUT2D eigenvalue weighted by Gasteiger charge is 2.49.